The maximum absolute atomic E-state index is 6.38. The van der Waals surface area contributed by atoms with Crippen molar-refractivity contribution in [2.45, 2.75) is 57.5 Å². The van der Waals surface area contributed by atoms with Crippen molar-refractivity contribution in [1.82, 2.24) is 9.55 Å². The highest BCUT2D eigenvalue weighted by molar-refractivity contribution is 5.78. The van der Waals surface area contributed by atoms with Crippen LogP contribution in [0, 0.1) is 0 Å². The number of aryl methyl sites for hydroxylation is 1. The summed E-state index contributed by atoms with van der Waals surface area (Å²) in [6.07, 6.45) is 5.89. The molecule has 4 nitrogen and oxygen atoms in total. The Kier molecular flexibility index (Phi) is 4.15. The fourth-order valence-corrected chi connectivity index (χ4v) is 3.48. The maximum Gasteiger partial charge on any atom is 0.121 e. The van der Waals surface area contributed by atoms with Crippen molar-refractivity contribution >= 4 is 11.0 Å². The lowest BCUT2D eigenvalue weighted by Gasteiger charge is -2.28. The Bertz CT molecular complexity index is 620. The van der Waals surface area contributed by atoms with Gasteiger partial charge in [0.25, 0.3) is 0 Å². The van der Waals surface area contributed by atoms with Gasteiger partial charge in [-0.05, 0) is 31.4 Å². The van der Waals surface area contributed by atoms with E-state index in [2.05, 4.69) is 17.6 Å². The molecule has 1 aliphatic carbocycles. The Morgan fingerprint density at radius 2 is 2.14 bits per heavy atom. The van der Waals surface area contributed by atoms with Gasteiger partial charge in [0.05, 0.1) is 18.1 Å². The van der Waals surface area contributed by atoms with Gasteiger partial charge in [0.15, 0.2) is 0 Å². The number of aromatic nitrogens is 2. The quantitative estimate of drug-likeness (QED) is 0.937. The molecule has 2 N–H and O–H groups in total. The molecule has 114 valence electrons. The molecule has 0 amide bonds. The van der Waals surface area contributed by atoms with Crippen molar-refractivity contribution in [3.05, 3.63) is 24.0 Å². The third kappa shape index (κ3) is 2.64. The number of nitrogens with zero attached hydrogens (tertiary/aromatic N) is 2. The molecule has 2 atom stereocenters. The second-order valence-corrected chi connectivity index (χ2v) is 6.03. The van der Waals surface area contributed by atoms with E-state index in [1.54, 1.807) is 7.11 Å². The summed E-state index contributed by atoms with van der Waals surface area (Å²) in [6.45, 7) is 3.21. The molecule has 4 heteroatoms. The third-order valence-corrected chi connectivity index (χ3v) is 4.58. The highest BCUT2D eigenvalue weighted by Crippen LogP contribution is 2.34. The molecule has 1 saturated carbocycles. The van der Waals surface area contributed by atoms with Gasteiger partial charge in [-0.1, -0.05) is 19.8 Å². The van der Waals surface area contributed by atoms with E-state index in [1.807, 2.05) is 12.1 Å². The normalized spacial score (nSPS) is 22.6. The van der Waals surface area contributed by atoms with Gasteiger partial charge in [-0.3, -0.25) is 0 Å². The van der Waals surface area contributed by atoms with Crippen LogP contribution >= 0.6 is 0 Å². The summed E-state index contributed by atoms with van der Waals surface area (Å²) < 4.78 is 7.69. The fourth-order valence-electron chi connectivity index (χ4n) is 3.48. The van der Waals surface area contributed by atoms with Crippen molar-refractivity contribution < 1.29 is 4.74 Å². The van der Waals surface area contributed by atoms with Gasteiger partial charge in [0.2, 0.25) is 0 Å². The first kappa shape index (κ1) is 14.4. The van der Waals surface area contributed by atoms with E-state index in [4.69, 9.17) is 15.5 Å². The van der Waals surface area contributed by atoms with Crippen LogP contribution in [0.4, 0.5) is 0 Å². The zero-order valence-corrected chi connectivity index (χ0v) is 13.0. The van der Waals surface area contributed by atoms with Crippen LogP contribution in [0.25, 0.3) is 11.0 Å². The molecule has 1 heterocycles. The van der Waals surface area contributed by atoms with E-state index < -0.39 is 0 Å². The van der Waals surface area contributed by atoms with Gasteiger partial charge >= 0.3 is 0 Å². The Hall–Kier alpha value is -1.55. The third-order valence-electron chi connectivity index (χ3n) is 4.58. The molecule has 0 saturated heterocycles. The van der Waals surface area contributed by atoms with Crippen LogP contribution in [0.2, 0.25) is 0 Å². The van der Waals surface area contributed by atoms with E-state index in [0.717, 1.165) is 37.1 Å². The number of imidazole rings is 1. The predicted molar refractivity (Wildman–Crippen MR) is 85.8 cm³/mol. The molecular formula is C17H25N3O. The van der Waals surface area contributed by atoms with Crippen molar-refractivity contribution in [1.29, 1.82) is 0 Å². The molecule has 0 radical (unpaired) electrons. The SMILES string of the molecule is CCCn1c(C2CCCCC2N)nc2cc(OC)ccc21. The Morgan fingerprint density at radius 1 is 1.33 bits per heavy atom. The number of methoxy groups -OCH3 is 1. The van der Waals surface area contributed by atoms with Crippen LogP contribution in [0.3, 0.4) is 0 Å². The molecule has 1 aliphatic rings. The van der Waals surface area contributed by atoms with Gasteiger partial charge < -0.3 is 15.0 Å². The van der Waals surface area contributed by atoms with Crippen LogP contribution in [0.1, 0.15) is 50.8 Å². The summed E-state index contributed by atoms with van der Waals surface area (Å²) in [4.78, 5) is 4.92. The van der Waals surface area contributed by atoms with E-state index >= 15 is 0 Å². The number of hydrogen-bond donors (Lipinski definition) is 1. The summed E-state index contributed by atoms with van der Waals surface area (Å²) in [7, 11) is 1.70. The second kappa shape index (κ2) is 6.06. The lowest BCUT2D eigenvalue weighted by Crippen LogP contribution is -2.33. The van der Waals surface area contributed by atoms with Crippen LogP contribution < -0.4 is 10.5 Å². The smallest absolute Gasteiger partial charge is 0.121 e. The highest BCUT2D eigenvalue weighted by Gasteiger charge is 2.28. The van der Waals surface area contributed by atoms with Gasteiger partial charge in [-0.25, -0.2) is 4.98 Å². The monoisotopic (exact) mass is 287 g/mol. The Labute approximate surface area is 126 Å². The maximum atomic E-state index is 6.38. The summed E-state index contributed by atoms with van der Waals surface area (Å²) in [5.41, 5.74) is 8.60. The minimum absolute atomic E-state index is 0.244. The van der Waals surface area contributed by atoms with Crippen LogP contribution in [0.15, 0.2) is 18.2 Å². The average Bonchev–Trinajstić information content (AvgIpc) is 2.86. The van der Waals surface area contributed by atoms with E-state index in [9.17, 15) is 0 Å². The Balaban J connectivity index is 2.09. The lowest BCUT2D eigenvalue weighted by atomic mass is 9.84. The minimum Gasteiger partial charge on any atom is -0.497 e. The molecule has 0 bridgehead atoms. The number of nitrogens with two attached hydrogens (primary N) is 1. The van der Waals surface area contributed by atoms with Crippen molar-refractivity contribution in [3.63, 3.8) is 0 Å². The van der Waals surface area contributed by atoms with Crippen molar-refractivity contribution in [3.8, 4) is 5.75 Å². The first-order valence-corrected chi connectivity index (χ1v) is 8.04. The predicted octanol–water partition coefficient (Wildman–Crippen LogP) is 3.44. The standard InChI is InChI=1S/C17H25N3O/c1-3-10-20-16-9-8-12(21-2)11-15(16)19-17(20)13-6-4-5-7-14(13)18/h8-9,11,13-14H,3-7,10,18H2,1-2H3. The fraction of sp³-hybridized carbons (Fsp3) is 0.588. The summed E-state index contributed by atoms with van der Waals surface area (Å²) in [5, 5.41) is 0. The van der Waals surface area contributed by atoms with Crippen LogP contribution in [-0.2, 0) is 6.54 Å². The Morgan fingerprint density at radius 3 is 2.86 bits per heavy atom. The molecule has 3 rings (SSSR count). The molecule has 1 fully saturated rings. The minimum atomic E-state index is 0.244. The molecular weight excluding hydrogens is 262 g/mol. The number of fused-ring (bicyclic) bond motifs is 1. The summed E-state index contributed by atoms with van der Waals surface area (Å²) >= 11 is 0. The number of hydrogen-bond acceptors (Lipinski definition) is 3. The molecule has 1 aromatic carbocycles. The van der Waals surface area contributed by atoms with Gasteiger partial charge in [0.1, 0.15) is 11.6 Å². The summed E-state index contributed by atoms with van der Waals surface area (Å²) in [5.74, 6) is 2.43. The largest absolute Gasteiger partial charge is 0.497 e. The zero-order chi connectivity index (χ0) is 14.8. The van der Waals surface area contributed by atoms with E-state index in [1.165, 1.54) is 24.2 Å². The highest BCUT2D eigenvalue weighted by atomic mass is 16.5. The van der Waals surface area contributed by atoms with Gasteiger partial charge in [-0.2, -0.15) is 0 Å². The zero-order valence-electron chi connectivity index (χ0n) is 13.0. The first-order valence-electron chi connectivity index (χ1n) is 8.04. The number of rotatable bonds is 4. The molecule has 21 heavy (non-hydrogen) atoms. The lowest BCUT2D eigenvalue weighted by molar-refractivity contribution is 0.364. The molecule has 1 aromatic heterocycles. The summed E-state index contributed by atoms with van der Waals surface area (Å²) in [6, 6.07) is 6.41. The topological polar surface area (TPSA) is 53.1 Å². The molecule has 0 aliphatic heterocycles. The second-order valence-electron chi connectivity index (χ2n) is 6.03. The van der Waals surface area contributed by atoms with E-state index in [-0.39, 0.29) is 6.04 Å². The number of ether oxygens (including phenoxy) is 1. The number of benzene rings is 1. The molecule has 2 aromatic rings. The van der Waals surface area contributed by atoms with Crippen LogP contribution in [-0.4, -0.2) is 22.7 Å². The van der Waals surface area contributed by atoms with Crippen molar-refractivity contribution in [2.75, 3.05) is 7.11 Å². The van der Waals surface area contributed by atoms with Crippen LogP contribution in [0.5, 0.6) is 5.75 Å². The van der Waals surface area contributed by atoms with Gasteiger partial charge in [0, 0.05) is 24.6 Å². The molecule has 0 spiro atoms. The molecule has 2 unspecified atom stereocenters. The average molecular weight is 287 g/mol. The van der Waals surface area contributed by atoms with Crippen molar-refractivity contribution in [2.24, 2.45) is 5.73 Å². The van der Waals surface area contributed by atoms with E-state index in [0.29, 0.717) is 5.92 Å². The van der Waals surface area contributed by atoms with Gasteiger partial charge in [-0.15, -0.1) is 0 Å². The first-order chi connectivity index (χ1) is 10.2.